The summed E-state index contributed by atoms with van der Waals surface area (Å²) in [6.07, 6.45) is 3.28. The molecule has 2 aromatic heterocycles. The van der Waals surface area contributed by atoms with Gasteiger partial charge >= 0.3 is 0 Å². The van der Waals surface area contributed by atoms with Gasteiger partial charge in [0.1, 0.15) is 24.1 Å². The van der Waals surface area contributed by atoms with Gasteiger partial charge in [0, 0.05) is 24.0 Å². The van der Waals surface area contributed by atoms with Crippen LogP contribution in [0.4, 0.5) is 8.78 Å². The van der Waals surface area contributed by atoms with E-state index in [-0.39, 0.29) is 29.6 Å². The summed E-state index contributed by atoms with van der Waals surface area (Å²) in [6.45, 7) is 1.67. The Morgan fingerprint density at radius 3 is 2.77 bits per heavy atom. The molecule has 0 atom stereocenters. The van der Waals surface area contributed by atoms with Crippen LogP contribution in [0.15, 0.2) is 47.5 Å². The third kappa shape index (κ3) is 3.88. The Labute approximate surface area is 152 Å². The van der Waals surface area contributed by atoms with Gasteiger partial charge in [-0.05, 0) is 30.7 Å². The fraction of sp³-hybridized carbons (Fsp3) is 0.167. The summed E-state index contributed by atoms with van der Waals surface area (Å²) in [6, 6.07) is 6.72. The van der Waals surface area contributed by atoms with Crippen molar-refractivity contribution in [1.82, 2.24) is 14.5 Å². The third-order valence-corrected chi connectivity index (χ3v) is 4.04. The molecule has 8 heteroatoms. The molecule has 2 heterocycles. The molecule has 0 aliphatic carbocycles. The molecule has 0 spiro atoms. The number of rotatable bonds is 5. The lowest BCUT2D eigenvalue weighted by molar-refractivity contribution is 0.285. The average Bonchev–Trinajstić information content (AvgIpc) is 2.63. The van der Waals surface area contributed by atoms with Crippen LogP contribution >= 0.6 is 11.6 Å². The van der Waals surface area contributed by atoms with Gasteiger partial charge in [0.2, 0.25) is 5.88 Å². The fourth-order valence-corrected chi connectivity index (χ4v) is 2.55. The molecule has 0 fully saturated rings. The average molecular weight is 378 g/mol. The van der Waals surface area contributed by atoms with E-state index in [9.17, 15) is 13.6 Å². The second kappa shape index (κ2) is 7.61. The van der Waals surface area contributed by atoms with Crippen molar-refractivity contribution in [2.24, 2.45) is 0 Å². The van der Waals surface area contributed by atoms with Crippen molar-refractivity contribution < 1.29 is 13.5 Å². The van der Waals surface area contributed by atoms with E-state index in [1.807, 2.05) is 6.07 Å². The minimum Gasteiger partial charge on any atom is -0.471 e. The number of aryl methyl sites for hydroxylation is 1. The number of ether oxygens (including phenoxy) is 1. The third-order valence-electron chi connectivity index (χ3n) is 3.72. The van der Waals surface area contributed by atoms with Crippen molar-refractivity contribution in [1.29, 1.82) is 0 Å². The molecule has 0 radical (unpaired) electrons. The number of nitrogens with zero attached hydrogens (tertiary/aromatic N) is 3. The van der Waals surface area contributed by atoms with Gasteiger partial charge in [-0.25, -0.2) is 8.78 Å². The monoisotopic (exact) mass is 377 g/mol. The van der Waals surface area contributed by atoms with Gasteiger partial charge in [0.05, 0.1) is 6.54 Å². The van der Waals surface area contributed by atoms with Crippen LogP contribution in [0.25, 0.3) is 0 Å². The Morgan fingerprint density at radius 2 is 2.08 bits per heavy atom. The molecular weight excluding hydrogens is 364 g/mol. The van der Waals surface area contributed by atoms with Crippen molar-refractivity contribution in [2.45, 2.75) is 20.1 Å². The van der Waals surface area contributed by atoms with Crippen LogP contribution in [-0.2, 0) is 13.2 Å². The van der Waals surface area contributed by atoms with Crippen molar-refractivity contribution >= 4 is 11.6 Å². The first-order valence-electron chi connectivity index (χ1n) is 7.68. The molecule has 0 saturated heterocycles. The second-order valence-electron chi connectivity index (χ2n) is 5.56. The number of halogens is 3. The number of hydrogen-bond donors (Lipinski definition) is 0. The number of hydrogen-bond acceptors (Lipinski definition) is 4. The summed E-state index contributed by atoms with van der Waals surface area (Å²) < 4.78 is 33.4. The van der Waals surface area contributed by atoms with Crippen LogP contribution < -0.4 is 10.3 Å². The summed E-state index contributed by atoms with van der Waals surface area (Å²) in [5, 5.41) is -0.206. The van der Waals surface area contributed by atoms with E-state index in [0.717, 1.165) is 17.7 Å². The molecule has 0 aliphatic rings. The SMILES string of the molecule is Cc1nc(OCc2ccc(F)cc2F)c(Cl)c(=O)n1Cc1cccnc1. The minimum absolute atomic E-state index is 0.0969. The lowest BCUT2D eigenvalue weighted by Gasteiger charge is -2.13. The highest BCUT2D eigenvalue weighted by molar-refractivity contribution is 6.31. The Balaban J connectivity index is 1.84. The van der Waals surface area contributed by atoms with Gasteiger partial charge in [-0.15, -0.1) is 0 Å². The highest BCUT2D eigenvalue weighted by Gasteiger charge is 2.15. The normalized spacial score (nSPS) is 10.8. The van der Waals surface area contributed by atoms with Crippen molar-refractivity contribution in [3.63, 3.8) is 0 Å². The number of pyridine rings is 1. The van der Waals surface area contributed by atoms with Crippen LogP contribution in [0.5, 0.6) is 5.88 Å². The van der Waals surface area contributed by atoms with E-state index in [2.05, 4.69) is 9.97 Å². The fourth-order valence-electron chi connectivity index (χ4n) is 2.35. The molecular formula is C18H14ClF2N3O2. The Kier molecular flexibility index (Phi) is 5.27. The lowest BCUT2D eigenvalue weighted by atomic mass is 10.2. The summed E-state index contributed by atoms with van der Waals surface area (Å²) >= 11 is 6.08. The summed E-state index contributed by atoms with van der Waals surface area (Å²) in [7, 11) is 0. The summed E-state index contributed by atoms with van der Waals surface area (Å²) in [5.74, 6) is -1.14. The Morgan fingerprint density at radius 1 is 1.27 bits per heavy atom. The maximum absolute atomic E-state index is 13.7. The molecule has 0 unspecified atom stereocenters. The highest BCUT2D eigenvalue weighted by atomic mass is 35.5. The largest absolute Gasteiger partial charge is 0.471 e. The highest BCUT2D eigenvalue weighted by Crippen LogP contribution is 2.20. The molecule has 0 amide bonds. The topological polar surface area (TPSA) is 57.0 Å². The second-order valence-corrected chi connectivity index (χ2v) is 5.93. The van der Waals surface area contributed by atoms with Crippen LogP contribution in [0.2, 0.25) is 5.02 Å². The molecule has 1 aromatic carbocycles. The molecule has 0 aliphatic heterocycles. The smallest absolute Gasteiger partial charge is 0.276 e. The van der Waals surface area contributed by atoms with Gasteiger partial charge < -0.3 is 4.74 Å². The summed E-state index contributed by atoms with van der Waals surface area (Å²) in [5.41, 5.74) is 0.469. The number of aromatic nitrogens is 3. The molecule has 26 heavy (non-hydrogen) atoms. The van der Waals surface area contributed by atoms with E-state index < -0.39 is 17.2 Å². The van der Waals surface area contributed by atoms with Crippen molar-refractivity contribution in [2.75, 3.05) is 0 Å². The standard InChI is InChI=1S/C18H14ClF2N3O2/c1-11-23-17(26-10-13-4-5-14(20)7-15(13)21)16(19)18(25)24(11)9-12-3-2-6-22-8-12/h2-8H,9-10H2,1H3. The minimum atomic E-state index is -0.747. The Bertz CT molecular complexity index is 994. The van der Waals surface area contributed by atoms with Gasteiger partial charge in [0.25, 0.3) is 5.56 Å². The first kappa shape index (κ1) is 18.0. The molecule has 0 saturated carbocycles. The zero-order valence-electron chi connectivity index (χ0n) is 13.7. The molecule has 134 valence electrons. The van der Waals surface area contributed by atoms with Crippen LogP contribution in [0.1, 0.15) is 17.0 Å². The van der Waals surface area contributed by atoms with Gasteiger partial charge in [-0.1, -0.05) is 17.7 Å². The van der Waals surface area contributed by atoms with E-state index in [1.54, 1.807) is 25.4 Å². The molecule has 0 N–H and O–H groups in total. The first-order valence-corrected chi connectivity index (χ1v) is 8.06. The maximum atomic E-state index is 13.7. The molecule has 0 bridgehead atoms. The molecule has 5 nitrogen and oxygen atoms in total. The van der Waals surface area contributed by atoms with Crippen LogP contribution in [0.3, 0.4) is 0 Å². The van der Waals surface area contributed by atoms with Crippen LogP contribution in [-0.4, -0.2) is 14.5 Å². The zero-order chi connectivity index (χ0) is 18.7. The predicted molar refractivity (Wildman–Crippen MR) is 92.3 cm³/mol. The van der Waals surface area contributed by atoms with Crippen molar-refractivity contribution in [3.05, 3.63) is 86.7 Å². The van der Waals surface area contributed by atoms with Gasteiger partial charge in [0.15, 0.2) is 5.02 Å². The van der Waals surface area contributed by atoms with Crippen LogP contribution in [0, 0.1) is 18.6 Å². The Hall–Kier alpha value is -2.80. The van der Waals surface area contributed by atoms with E-state index >= 15 is 0 Å². The van der Waals surface area contributed by atoms with E-state index in [1.165, 1.54) is 10.6 Å². The quantitative estimate of drug-likeness (QED) is 0.682. The zero-order valence-corrected chi connectivity index (χ0v) is 14.5. The van der Waals surface area contributed by atoms with Crippen molar-refractivity contribution in [3.8, 4) is 5.88 Å². The molecule has 3 rings (SSSR count). The lowest BCUT2D eigenvalue weighted by Crippen LogP contribution is -2.25. The predicted octanol–water partition coefficient (Wildman–Crippen LogP) is 3.51. The van der Waals surface area contributed by atoms with Gasteiger partial charge in [-0.2, -0.15) is 4.98 Å². The maximum Gasteiger partial charge on any atom is 0.276 e. The van der Waals surface area contributed by atoms with E-state index in [0.29, 0.717) is 5.82 Å². The van der Waals surface area contributed by atoms with Gasteiger partial charge in [-0.3, -0.25) is 14.3 Å². The number of benzene rings is 1. The van der Waals surface area contributed by atoms with E-state index in [4.69, 9.17) is 16.3 Å². The first-order chi connectivity index (χ1) is 12.5. The molecule has 3 aromatic rings. The summed E-state index contributed by atoms with van der Waals surface area (Å²) in [4.78, 5) is 20.7.